The highest BCUT2D eigenvalue weighted by Gasteiger charge is 2.36. The van der Waals surface area contributed by atoms with Gasteiger partial charge in [-0.2, -0.15) is 0 Å². The molecule has 1 saturated heterocycles. The fourth-order valence-corrected chi connectivity index (χ4v) is 4.11. The van der Waals surface area contributed by atoms with Crippen LogP contribution in [0.4, 0.5) is 16.2 Å². The van der Waals surface area contributed by atoms with Gasteiger partial charge in [-0.1, -0.05) is 29.8 Å². The number of carbonyl (C=O) groups is 3. The maximum Gasteiger partial charge on any atom is 0.294 e. The monoisotopic (exact) mass is 477 g/mol. The van der Waals surface area contributed by atoms with E-state index in [9.17, 15) is 24.5 Å². The lowest BCUT2D eigenvalue weighted by Gasteiger charge is -2.12. The first-order valence-electron chi connectivity index (χ1n) is 10.2. The molecule has 9 nitrogen and oxygen atoms in total. The summed E-state index contributed by atoms with van der Waals surface area (Å²) in [7, 11) is 0. The molecule has 2 aromatic carbocycles. The van der Waals surface area contributed by atoms with Gasteiger partial charge < -0.3 is 9.73 Å². The van der Waals surface area contributed by atoms with Gasteiger partial charge >= 0.3 is 0 Å². The van der Waals surface area contributed by atoms with E-state index in [1.807, 2.05) is 19.1 Å². The summed E-state index contributed by atoms with van der Waals surface area (Å²) in [5.41, 5.74) is 2.62. The minimum atomic E-state index is -0.599. The molecule has 0 unspecified atom stereocenters. The molecule has 1 fully saturated rings. The van der Waals surface area contributed by atoms with Gasteiger partial charge in [0.05, 0.1) is 9.83 Å². The van der Waals surface area contributed by atoms with E-state index in [0.29, 0.717) is 40.1 Å². The van der Waals surface area contributed by atoms with Crippen LogP contribution in [0.5, 0.6) is 0 Å². The van der Waals surface area contributed by atoms with Gasteiger partial charge in [0.25, 0.3) is 16.8 Å². The molecule has 0 aliphatic carbocycles. The van der Waals surface area contributed by atoms with Gasteiger partial charge in [-0.15, -0.1) is 0 Å². The summed E-state index contributed by atoms with van der Waals surface area (Å²) in [6.07, 6.45) is 1.41. The predicted octanol–water partition coefficient (Wildman–Crippen LogP) is 5.15. The predicted molar refractivity (Wildman–Crippen MR) is 128 cm³/mol. The van der Waals surface area contributed by atoms with Crippen LogP contribution in [0.1, 0.15) is 16.9 Å². The molecule has 172 valence electrons. The number of imide groups is 1. The molecular weight excluding hydrogens is 458 g/mol. The Labute approximate surface area is 198 Å². The number of rotatable bonds is 6. The number of amides is 3. The Bertz CT molecular complexity index is 1340. The molecule has 0 radical (unpaired) electrons. The van der Waals surface area contributed by atoms with Crippen molar-refractivity contribution in [3.63, 3.8) is 0 Å². The van der Waals surface area contributed by atoms with Crippen LogP contribution in [-0.2, 0) is 9.59 Å². The molecule has 0 atom stereocenters. The summed E-state index contributed by atoms with van der Waals surface area (Å²) in [6, 6.07) is 15.1. The topological polar surface area (TPSA) is 123 Å². The molecule has 10 heteroatoms. The second-order valence-corrected chi connectivity index (χ2v) is 8.64. The second-order valence-electron chi connectivity index (χ2n) is 7.64. The Hall–Kier alpha value is -4.18. The number of thioether (sulfide) groups is 1. The third-order valence-corrected chi connectivity index (χ3v) is 6.01. The number of benzene rings is 2. The number of hydrogen-bond donors (Lipinski definition) is 1. The van der Waals surface area contributed by atoms with Crippen LogP contribution in [0.3, 0.4) is 0 Å². The van der Waals surface area contributed by atoms with E-state index in [4.69, 9.17) is 4.42 Å². The van der Waals surface area contributed by atoms with Crippen LogP contribution in [0, 0.1) is 24.0 Å². The van der Waals surface area contributed by atoms with E-state index >= 15 is 0 Å². The van der Waals surface area contributed by atoms with Crippen LogP contribution in [-0.4, -0.2) is 33.4 Å². The lowest BCUT2D eigenvalue weighted by atomic mass is 10.1. The number of nitrogens with one attached hydrogen (secondary N) is 1. The molecule has 1 aliphatic rings. The molecule has 0 spiro atoms. The maximum atomic E-state index is 12.7. The Balaban J connectivity index is 1.47. The van der Waals surface area contributed by atoms with Gasteiger partial charge in [0.15, 0.2) is 0 Å². The highest BCUT2D eigenvalue weighted by Crippen LogP contribution is 2.34. The van der Waals surface area contributed by atoms with E-state index in [1.54, 1.807) is 43.3 Å². The highest BCUT2D eigenvalue weighted by molar-refractivity contribution is 8.18. The largest absolute Gasteiger partial charge is 0.457 e. The van der Waals surface area contributed by atoms with E-state index in [-0.39, 0.29) is 10.6 Å². The van der Waals surface area contributed by atoms with Crippen molar-refractivity contribution in [2.24, 2.45) is 0 Å². The van der Waals surface area contributed by atoms with Crippen molar-refractivity contribution >= 4 is 46.3 Å². The Morgan fingerprint density at radius 3 is 2.56 bits per heavy atom. The number of aryl methyl sites for hydroxylation is 2. The fraction of sp³-hybridized carbons (Fsp3) is 0.125. The number of nitro benzene ring substituents is 1. The molecule has 1 N–H and O–H groups in total. The molecule has 0 saturated carbocycles. The Kier molecular flexibility index (Phi) is 6.33. The second kappa shape index (κ2) is 9.36. The molecule has 1 aromatic heterocycles. The number of furan rings is 1. The van der Waals surface area contributed by atoms with Crippen molar-refractivity contribution in [3.05, 3.63) is 86.5 Å². The van der Waals surface area contributed by atoms with Crippen LogP contribution >= 0.6 is 11.8 Å². The van der Waals surface area contributed by atoms with Crippen molar-refractivity contribution in [1.29, 1.82) is 0 Å². The molecule has 3 aromatic rings. The summed E-state index contributed by atoms with van der Waals surface area (Å²) in [5, 5.41) is 13.3. The zero-order valence-corrected chi connectivity index (χ0v) is 19.0. The summed E-state index contributed by atoms with van der Waals surface area (Å²) in [4.78, 5) is 49.1. The van der Waals surface area contributed by atoms with E-state index in [1.165, 1.54) is 12.1 Å². The third-order valence-electron chi connectivity index (χ3n) is 5.10. The van der Waals surface area contributed by atoms with Crippen molar-refractivity contribution < 1.29 is 23.7 Å². The highest BCUT2D eigenvalue weighted by atomic mass is 32.2. The zero-order valence-electron chi connectivity index (χ0n) is 18.2. The average molecular weight is 477 g/mol. The molecular formula is C24H19N3O6S. The maximum absolute atomic E-state index is 12.7. The number of hydrogen-bond acceptors (Lipinski definition) is 7. The number of anilines is 1. The summed E-state index contributed by atoms with van der Waals surface area (Å²) in [6.45, 7) is 3.16. The first-order chi connectivity index (χ1) is 16.2. The number of carbonyl (C=O) groups excluding carboxylic acids is 3. The Morgan fingerprint density at radius 2 is 1.85 bits per heavy atom. The van der Waals surface area contributed by atoms with E-state index < -0.39 is 28.5 Å². The summed E-state index contributed by atoms with van der Waals surface area (Å²) < 4.78 is 5.72. The van der Waals surface area contributed by atoms with E-state index in [2.05, 4.69) is 5.32 Å². The normalized spacial score (nSPS) is 14.6. The zero-order chi connectivity index (χ0) is 24.4. The summed E-state index contributed by atoms with van der Waals surface area (Å²) >= 11 is 0.709. The average Bonchev–Trinajstić information content (AvgIpc) is 3.36. The first-order valence-corrected chi connectivity index (χ1v) is 11.0. The standard InChI is InChI=1S/C24H19N3O6S/c1-14-3-7-17(8-4-14)25-22(28)13-26-23(29)21(34-24(26)30)12-18-9-10-20(33-18)16-6-5-15(2)19(11-16)27(31)32/h3-12H,13H2,1-2H3,(H,25,28)/b21-12-. The minimum absolute atomic E-state index is 0.0273. The van der Waals surface area contributed by atoms with Gasteiger partial charge in [-0.3, -0.25) is 29.4 Å². The van der Waals surface area contributed by atoms with Crippen LogP contribution in [0.15, 0.2) is 63.9 Å². The molecule has 3 amide bonds. The van der Waals surface area contributed by atoms with E-state index in [0.717, 1.165) is 10.5 Å². The number of nitro groups is 1. The van der Waals surface area contributed by atoms with Crippen LogP contribution < -0.4 is 5.32 Å². The third kappa shape index (κ3) is 4.91. The minimum Gasteiger partial charge on any atom is -0.457 e. The number of nitrogens with zero attached hydrogens (tertiary/aromatic N) is 2. The molecule has 34 heavy (non-hydrogen) atoms. The van der Waals surface area contributed by atoms with Crippen molar-refractivity contribution in [3.8, 4) is 11.3 Å². The van der Waals surface area contributed by atoms with Gasteiger partial charge in [0.2, 0.25) is 5.91 Å². The van der Waals surface area contributed by atoms with Crippen molar-refractivity contribution in [2.45, 2.75) is 13.8 Å². The lowest BCUT2D eigenvalue weighted by molar-refractivity contribution is -0.385. The molecule has 1 aliphatic heterocycles. The van der Waals surface area contributed by atoms with Crippen molar-refractivity contribution in [1.82, 2.24) is 4.90 Å². The van der Waals surface area contributed by atoms with Gasteiger partial charge in [0, 0.05) is 29.0 Å². The van der Waals surface area contributed by atoms with Crippen LogP contribution in [0.2, 0.25) is 0 Å². The molecule has 0 bridgehead atoms. The van der Waals surface area contributed by atoms with Crippen LogP contribution in [0.25, 0.3) is 17.4 Å². The smallest absolute Gasteiger partial charge is 0.294 e. The fourth-order valence-electron chi connectivity index (χ4n) is 3.29. The van der Waals surface area contributed by atoms with Gasteiger partial charge in [-0.25, -0.2) is 0 Å². The Morgan fingerprint density at radius 1 is 1.12 bits per heavy atom. The van der Waals surface area contributed by atoms with Crippen molar-refractivity contribution in [2.75, 3.05) is 11.9 Å². The summed E-state index contributed by atoms with van der Waals surface area (Å²) in [5.74, 6) is -0.412. The molecule has 4 rings (SSSR count). The van der Waals surface area contributed by atoms with Gasteiger partial charge in [0.1, 0.15) is 18.1 Å². The SMILES string of the molecule is Cc1ccc(NC(=O)CN2C(=O)S/C(=C\c3ccc(-c4ccc(C)c([N+](=O)[O-])c4)o3)C2=O)cc1. The van der Waals surface area contributed by atoms with Gasteiger partial charge in [-0.05, 0) is 49.9 Å². The lowest BCUT2D eigenvalue weighted by Crippen LogP contribution is -2.36. The molecule has 2 heterocycles. The quantitative estimate of drug-likeness (QED) is 0.296. The first kappa shape index (κ1) is 23.0.